The van der Waals surface area contributed by atoms with E-state index in [1.807, 2.05) is 96.9 Å². The Kier molecular flexibility index (Phi) is 27.2. The van der Waals surface area contributed by atoms with Crippen molar-refractivity contribution in [2.24, 2.45) is 59.9 Å². The summed E-state index contributed by atoms with van der Waals surface area (Å²) in [7, 11) is 0. The molecule has 6 aliphatic carbocycles. The number of Topliss-reactive ketones (excluding diaryl/α,β-unsaturated/α-hetero) is 1. The highest BCUT2D eigenvalue weighted by Crippen LogP contribution is 2.89. The van der Waals surface area contributed by atoms with Crippen molar-refractivity contribution in [3.05, 3.63) is 0 Å². The van der Waals surface area contributed by atoms with Crippen molar-refractivity contribution in [2.45, 2.75) is 384 Å². The van der Waals surface area contributed by atoms with Crippen molar-refractivity contribution in [3.8, 4) is 0 Å². The summed E-state index contributed by atoms with van der Waals surface area (Å²) in [5.74, 6) is -4.95. The molecule has 10 rings (SSSR count). The highest BCUT2D eigenvalue weighted by Gasteiger charge is 2.86. The predicted octanol–water partition coefficient (Wildman–Crippen LogP) is 8.19. The average Bonchev–Trinajstić information content (AvgIpc) is 1.46. The molecule has 1 unspecified atom stereocenters. The Hall–Kier alpha value is -5.79. The van der Waals surface area contributed by atoms with Gasteiger partial charge in [-0.05, 0) is 187 Å². The van der Waals surface area contributed by atoms with E-state index in [4.69, 9.17) is 10.8 Å². The number of aliphatic hydroxyl groups excluding tert-OH is 1. The van der Waals surface area contributed by atoms with Gasteiger partial charge in [-0.3, -0.25) is 62.5 Å². The summed E-state index contributed by atoms with van der Waals surface area (Å²) in [5.41, 5.74) is 3.24. The minimum Gasteiger partial charge on any atom is -0.480 e. The summed E-state index contributed by atoms with van der Waals surface area (Å²) in [6, 6.07) is -6.95. The topological polar surface area (TPSA) is 351 Å². The van der Waals surface area contributed by atoms with Gasteiger partial charge in [-0.25, -0.2) is 0 Å². The fourth-order valence-electron chi connectivity index (χ4n) is 20.3. The van der Waals surface area contributed by atoms with Crippen LogP contribution < -0.4 is 43.0 Å². The number of carbonyl (C=O) groups is 11. The Morgan fingerprint density at radius 2 is 0.862 bits per heavy atom. The second-order valence-electron chi connectivity index (χ2n) is 40.5. The zero-order valence-electron chi connectivity index (χ0n) is 70.8. The Balaban J connectivity index is 0.000000242. The average molecular weight is 1530 g/mol. The third-order valence-corrected chi connectivity index (χ3v) is 28.1. The number of carboxylic acid groups (broad SMARTS) is 1. The van der Waals surface area contributed by atoms with Crippen LogP contribution in [0.25, 0.3) is 0 Å². The first-order chi connectivity index (χ1) is 50.4. The summed E-state index contributed by atoms with van der Waals surface area (Å²) in [6.45, 7) is 46.5. The van der Waals surface area contributed by atoms with Crippen LogP contribution in [0.3, 0.4) is 0 Å². The van der Waals surface area contributed by atoms with Crippen LogP contribution in [-0.2, 0) is 52.7 Å². The number of piperidine rings is 2. The maximum atomic E-state index is 15.0. The van der Waals surface area contributed by atoms with Crippen molar-refractivity contribution in [1.29, 1.82) is 0 Å². The summed E-state index contributed by atoms with van der Waals surface area (Å²) in [5, 5.41) is 40.4. The van der Waals surface area contributed by atoms with Gasteiger partial charge in [0.05, 0.1) is 24.2 Å². The van der Waals surface area contributed by atoms with E-state index in [1.54, 1.807) is 9.80 Å². The molecule has 6 saturated carbocycles. The molecule has 4 aliphatic heterocycles. The Bertz CT molecular complexity index is 3350. The number of carbonyl (C=O) groups excluding carboxylic acids is 10. The van der Waals surface area contributed by atoms with Gasteiger partial charge >= 0.3 is 5.97 Å². The summed E-state index contributed by atoms with van der Waals surface area (Å²) in [4.78, 5) is 157. The third kappa shape index (κ3) is 18.1. The molecule has 618 valence electrons. The highest BCUT2D eigenvalue weighted by molar-refractivity contribution is 6.38. The lowest BCUT2D eigenvalue weighted by molar-refractivity contribution is -0.146. The lowest BCUT2D eigenvalue weighted by atomic mass is 9.73. The zero-order valence-corrected chi connectivity index (χ0v) is 70.8. The van der Waals surface area contributed by atoms with E-state index in [-0.39, 0.29) is 86.3 Å². The number of aliphatic hydroxyl groups is 1. The third-order valence-electron chi connectivity index (χ3n) is 28.1. The molecule has 0 radical (unpaired) electrons. The first kappa shape index (κ1) is 88.8. The number of fused-ring (bicyclic) bond motifs is 2. The standard InChI is InChI=1S/C42H70N6O6.C33H57N5O5.C9H17NO2/c1-12-16-27(30(49)35(52)43-26-18-19-26)44-34(51)29-23-42(40(10,11)41(42)20-15-21-41)24-48(29)37(54)32(39(7,8)9)46-36(53)31(38(4,5)6)45-33(50)28-17-13-14-22-47(28)25(2)3;1-10-12-20(22(39)26(41)35-19-13-14-19)36-25(40)21-17-33(31(8,9)32(33)15-11-16-32)18-38(21)28(43)24(30(5,6)7)37-27(42)23(34)29(2,3)4;1-7(2)10-6-4-3-5-8(10)9(11)12/h25-29,31-32H,12-24H2,1-11H3,(H,43,52)(H,44,51)(H,45,50)(H,46,53);19-24,39H,10-18,34H2,1-9H3,(H,35,41)(H,36,40)(H,37,42);7-8H,3-6H2,1-2H3,(H,11,12)/t27-,28-,29-,31+,32+,42+;20-,21-,22?,23+,24+,33+;8-/m000/s1. The molecule has 4 saturated heterocycles. The second-order valence-corrected chi connectivity index (χ2v) is 40.5. The van der Waals surface area contributed by atoms with Crippen LogP contribution in [0, 0.1) is 54.1 Å². The number of hydrogen-bond acceptors (Lipinski definition) is 15. The van der Waals surface area contributed by atoms with Crippen molar-refractivity contribution in [3.63, 3.8) is 0 Å². The number of aliphatic carboxylic acids is 1. The van der Waals surface area contributed by atoms with Gasteiger partial charge in [0.2, 0.25) is 47.1 Å². The van der Waals surface area contributed by atoms with E-state index in [2.05, 4.69) is 102 Å². The Morgan fingerprint density at radius 3 is 1.23 bits per heavy atom. The first-order valence-corrected chi connectivity index (χ1v) is 41.9. The lowest BCUT2D eigenvalue weighted by Gasteiger charge is -2.40. The summed E-state index contributed by atoms with van der Waals surface area (Å²) >= 11 is 0. The molecule has 4 heterocycles. The molecule has 10 aliphatic rings. The van der Waals surface area contributed by atoms with Crippen LogP contribution >= 0.6 is 0 Å². The molecule has 0 aromatic heterocycles. The van der Waals surface area contributed by atoms with Crippen molar-refractivity contribution < 1.29 is 63.0 Å². The van der Waals surface area contributed by atoms with E-state index in [0.717, 1.165) is 116 Å². The van der Waals surface area contributed by atoms with Crippen LogP contribution in [0.5, 0.6) is 0 Å². The fourth-order valence-corrected chi connectivity index (χ4v) is 20.3. The molecule has 4 spiro atoms. The normalized spacial score (nSPS) is 27.9. The van der Waals surface area contributed by atoms with Crippen LogP contribution in [0.15, 0.2) is 0 Å². The fraction of sp³-hybridized carbons (Fsp3) is 0.869. The smallest absolute Gasteiger partial charge is 0.320 e. The number of likely N-dealkylation sites (tertiary alicyclic amines) is 4. The second kappa shape index (κ2) is 33.3. The van der Waals surface area contributed by atoms with Crippen molar-refractivity contribution >= 4 is 64.9 Å². The molecule has 11 N–H and O–H groups in total. The highest BCUT2D eigenvalue weighted by atomic mass is 16.4. The van der Waals surface area contributed by atoms with E-state index in [1.165, 1.54) is 0 Å². The van der Waals surface area contributed by atoms with Gasteiger partial charge in [-0.2, -0.15) is 0 Å². The molecule has 0 bridgehead atoms. The number of nitrogens with one attached hydrogen (secondary N) is 7. The van der Waals surface area contributed by atoms with E-state index in [9.17, 15) is 53.1 Å². The predicted molar refractivity (Wildman–Crippen MR) is 420 cm³/mol. The Labute approximate surface area is 652 Å². The maximum absolute atomic E-state index is 15.0. The van der Waals surface area contributed by atoms with Crippen molar-refractivity contribution in [1.82, 2.24) is 56.8 Å². The SMILES string of the molecule is CC(C)N1CCCC[C@H]1C(=O)O.CCC[C@H](NC(=O)[C@@H]1C[C@@]2(CN1C(=O)[C@@H](NC(=O)[C@@H](N)C(C)(C)C)C(C)(C)C)C(C)(C)C21CCC1)C(O)C(=O)NC1CC1.CCC[C@H](NC(=O)[C@@H]1C[C@@]2(CN1C(=O)[C@@H](NC(=O)[C@@H](NC(=O)[C@@H]1CCCCN1C(C)C)C(C)(C)C)C(C)(C)C)C(C)(C)C21CCC1)C(=O)C(=O)NC1CC1. The van der Waals surface area contributed by atoms with Gasteiger partial charge in [0.25, 0.3) is 11.8 Å². The van der Waals surface area contributed by atoms with Gasteiger partial charge in [0.15, 0.2) is 6.10 Å². The van der Waals surface area contributed by atoms with E-state index in [0.29, 0.717) is 57.7 Å². The molecule has 13 atom stereocenters. The molecular weight excluding hydrogens is 1380 g/mol. The van der Waals surface area contributed by atoms with Gasteiger partial charge in [0, 0.05) is 48.1 Å². The van der Waals surface area contributed by atoms with Crippen LogP contribution in [0.1, 0.15) is 294 Å². The zero-order chi connectivity index (χ0) is 81.7. The number of nitrogens with zero attached hydrogens (tertiary/aromatic N) is 4. The number of amides is 9. The van der Waals surface area contributed by atoms with Crippen molar-refractivity contribution in [2.75, 3.05) is 26.2 Å². The summed E-state index contributed by atoms with van der Waals surface area (Å²) in [6.07, 6.45) is 17.2. The minimum atomic E-state index is -1.38. The lowest BCUT2D eigenvalue weighted by Crippen LogP contribution is -2.64. The van der Waals surface area contributed by atoms with E-state index >= 15 is 4.79 Å². The molecular formula is C84H144N12O13. The van der Waals surface area contributed by atoms with Crippen LogP contribution in [0.4, 0.5) is 0 Å². The van der Waals surface area contributed by atoms with Gasteiger partial charge < -0.3 is 63.0 Å². The van der Waals surface area contributed by atoms with E-state index < -0.39 is 117 Å². The molecule has 9 amide bonds. The van der Waals surface area contributed by atoms with Gasteiger partial charge in [-0.15, -0.1) is 0 Å². The minimum absolute atomic E-state index is 0.00994. The quantitative estimate of drug-likeness (QED) is 0.0385. The number of carboxylic acids is 1. The number of ketones is 1. The maximum Gasteiger partial charge on any atom is 0.320 e. The number of nitrogens with two attached hydrogens (primary N) is 1. The Morgan fingerprint density at radius 1 is 0.459 bits per heavy atom. The number of rotatable bonds is 25. The summed E-state index contributed by atoms with van der Waals surface area (Å²) < 4.78 is 0. The number of hydrogen-bond donors (Lipinski definition) is 10. The van der Waals surface area contributed by atoms with Crippen LogP contribution in [-0.4, -0.2) is 212 Å². The molecule has 10 fully saturated rings. The molecule has 109 heavy (non-hydrogen) atoms. The van der Waals surface area contributed by atoms with Crippen LogP contribution in [0.2, 0.25) is 0 Å². The van der Waals surface area contributed by atoms with Gasteiger partial charge in [-0.1, -0.05) is 163 Å². The first-order valence-electron chi connectivity index (χ1n) is 41.9. The van der Waals surface area contributed by atoms with Gasteiger partial charge in [0.1, 0.15) is 36.3 Å². The molecule has 0 aromatic rings. The monoisotopic (exact) mass is 1530 g/mol. The largest absolute Gasteiger partial charge is 0.480 e. The molecule has 25 nitrogen and oxygen atoms in total. The molecule has 0 aromatic carbocycles. The molecule has 25 heteroatoms.